The lowest BCUT2D eigenvalue weighted by molar-refractivity contribution is 0.968. The Labute approximate surface area is 132 Å². The molecule has 5 heteroatoms. The van der Waals surface area contributed by atoms with Crippen LogP contribution in [-0.2, 0) is 5.75 Å². The van der Waals surface area contributed by atoms with Gasteiger partial charge in [-0.1, -0.05) is 30.8 Å². The fourth-order valence-electron chi connectivity index (χ4n) is 1.97. The number of anilines is 1. The van der Waals surface area contributed by atoms with E-state index in [1.165, 1.54) is 10.3 Å². The van der Waals surface area contributed by atoms with E-state index in [4.69, 9.17) is 0 Å². The van der Waals surface area contributed by atoms with Crippen LogP contribution in [0.4, 0.5) is 5.82 Å². The van der Waals surface area contributed by atoms with Gasteiger partial charge in [-0.25, -0.2) is 9.97 Å². The van der Waals surface area contributed by atoms with Crippen LogP contribution in [0.3, 0.4) is 0 Å². The Morgan fingerprint density at radius 2 is 2.14 bits per heavy atom. The molecular weight excluding hydrogens is 298 g/mol. The number of hydrogen-bond acceptors (Lipinski definition) is 5. The molecule has 0 aliphatic heterocycles. The van der Waals surface area contributed by atoms with E-state index in [1.807, 2.05) is 12.3 Å². The molecule has 1 aromatic carbocycles. The van der Waals surface area contributed by atoms with Crippen LogP contribution in [0.15, 0.2) is 46.9 Å². The van der Waals surface area contributed by atoms with Crippen LogP contribution in [0.2, 0.25) is 0 Å². The molecular formula is C16H17N3S2. The summed E-state index contributed by atoms with van der Waals surface area (Å²) < 4.78 is 2.37. The number of benzene rings is 1. The summed E-state index contributed by atoms with van der Waals surface area (Å²) in [6.45, 7) is 3.11. The van der Waals surface area contributed by atoms with Crippen LogP contribution in [0, 0.1) is 0 Å². The summed E-state index contributed by atoms with van der Waals surface area (Å²) >= 11 is 3.54. The third-order valence-corrected chi connectivity index (χ3v) is 5.27. The Morgan fingerprint density at radius 1 is 1.24 bits per heavy atom. The van der Waals surface area contributed by atoms with Gasteiger partial charge in [0.25, 0.3) is 0 Å². The minimum Gasteiger partial charge on any atom is -0.370 e. The first kappa shape index (κ1) is 14.4. The van der Waals surface area contributed by atoms with Crippen LogP contribution < -0.4 is 5.32 Å². The lowest BCUT2D eigenvalue weighted by atomic mass is 10.3. The summed E-state index contributed by atoms with van der Waals surface area (Å²) in [5, 5.41) is 3.32. The average molecular weight is 315 g/mol. The van der Waals surface area contributed by atoms with Gasteiger partial charge in [0.05, 0.1) is 10.2 Å². The zero-order valence-corrected chi connectivity index (χ0v) is 13.5. The van der Waals surface area contributed by atoms with Gasteiger partial charge in [0.15, 0.2) is 4.34 Å². The first-order valence-electron chi connectivity index (χ1n) is 7.02. The van der Waals surface area contributed by atoms with Crippen molar-refractivity contribution >= 4 is 39.1 Å². The van der Waals surface area contributed by atoms with E-state index in [0.717, 1.165) is 34.4 Å². The van der Waals surface area contributed by atoms with Crippen LogP contribution in [-0.4, -0.2) is 16.5 Å². The smallest absolute Gasteiger partial charge is 0.151 e. The first-order valence-corrected chi connectivity index (χ1v) is 8.82. The van der Waals surface area contributed by atoms with E-state index < -0.39 is 0 Å². The standard InChI is InChI=1S/C16H17N3S2/c1-2-8-17-15-10-12(7-9-18-15)11-20-16-19-13-5-3-4-6-14(13)21-16/h3-7,9-10H,2,8,11H2,1H3,(H,17,18). The number of pyridine rings is 1. The van der Waals surface area contributed by atoms with Crippen molar-refractivity contribution in [3.63, 3.8) is 0 Å². The van der Waals surface area contributed by atoms with Crippen LogP contribution in [0.1, 0.15) is 18.9 Å². The van der Waals surface area contributed by atoms with Gasteiger partial charge in [0.2, 0.25) is 0 Å². The monoisotopic (exact) mass is 315 g/mol. The number of nitrogens with one attached hydrogen (secondary N) is 1. The second-order valence-corrected chi connectivity index (χ2v) is 6.97. The number of aromatic nitrogens is 2. The maximum Gasteiger partial charge on any atom is 0.151 e. The molecule has 0 atom stereocenters. The Balaban J connectivity index is 1.66. The number of thioether (sulfide) groups is 1. The third-order valence-electron chi connectivity index (χ3n) is 3.02. The van der Waals surface area contributed by atoms with Crippen LogP contribution in [0.5, 0.6) is 0 Å². The Kier molecular flexibility index (Phi) is 4.72. The lowest BCUT2D eigenvalue weighted by Crippen LogP contribution is -2.01. The molecule has 3 aromatic rings. The van der Waals surface area contributed by atoms with Gasteiger partial charge in [-0.05, 0) is 36.2 Å². The zero-order chi connectivity index (χ0) is 14.5. The van der Waals surface area contributed by atoms with Gasteiger partial charge in [0.1, 0.15) is 5.82 Å². The highest BCUT2D eigenvalue weighted by atomic mass is 32.2. The van der Waals surface area contributed by atoms with Gasteiger partial charge in [0, 0.05) is 18.5 Å². The second-order valence-electron chi connectivity index (χ2n) is 4.71. The van der Waals surface area contributed by atoms with E-state index in [0.29, 0.717) is 0 Å². The van der Waals surface area contributed by atoms with E-state index in [9.17, 15) is 0 Å². The molecule has 2 heterocycles. The lowest BCUT2D eigenvalue weighted by Gasteiger charge is -2.05. The summed E-state index contributed by atoms with van der Waals surface area (Å²) in [5.41, 5.74) is 2.36. The summed E-state index contributed by atoms with van der Waals surface area (Å²) in [5.74, 6) is 1.88. The van der Waals surface area contributed by atoms with Crippen LogP contribution in [0.25, 0.3) is 10.2 Å². The molecule has 0 saturated carbocycles. The SMILES string of the molecule is CCCNc1cc(CSc2nc3ccccc3s2)ccn1. The van der Waals surface area contributed by atoms with Crippen molar-refractivity contribution in [2.45, 2.75) is 23.4 Å². The Bertz CT molecular complexity index is 691. The molecule has 0 fully saturated rings. The summed E-state index contributed by atoms with van der Waals surface area (Å²) in [6.07, 6.45) is 2.97. The van der Waals surface area contributed by atoms with Crippen molar-refractivity contribution in [1.29, 1.82) is 0 Å². The Hall–Kier alpha value is -1.59. The number of nitrogens with zero attached hydrogens (tertiary/aromatic N) is 2. The minimum atomic E-state index is 0.920. The maximum atomic E-state index is 4.65. The van der Waals surface area contributed by atoms with Crippen molar-refractivity contribution in [2.75, 3.05) is 11.9 Å². The number of hydrogen-bond donors (Lipinski definition) is 1. The van der Waals surface area contributed by atoms with Gasteiger partial charge >= 0.3 is 0 Å². The van der Waals surface area contributed by atoms with E-state index in [-0.39, 0.29) is 0 Å². The highest BCUT2D eigenvalue weighted by Crippen LogP contribution is 2.31. The summed E-state index contributed by atoms with van der Waals surface area (Å²) in [4.78, 5) is 8.98. The van der Waals surface area contributed by atoms with E-state index >= 15 is 0 Å². The van der Waals surface area contributed by atoms with Crippen molar-refractivity contribution in [3.05, 3.63) is 48.2 Å². The highest BCUT2D eigenvalue weighted by Gasteiger charge is 2.04. The molecule has 0 amide bonds. The molecule has 0 radical (unpaired) electrons. The molecule has 0 saturated heterocycles. The van der Waals surface area contributed by atoms with Crippen molar-refractivity contribution < 1.29 is 0 Å². The van der Waals surface area contributed by atoms with Gasteiger partial charge in [-0.3, -0.25) is 0 Å². The molecule has 3 rings (SSSR count). The molecule has 0 aliphatic carbocycles. The predicted octanol–water partition coefficient (Wildman–Crippen LogP) is 4.81. The van der Waals surface area contributed by atoms with Gasteiger partial charge in [-0.15, -0.1) is 11.3 Å². The molecule has 0 aliphatic rings. The van der Waals surface area contributed by atoms with Gasteiger partial charge in [-0.2, -0.15) is 0 Å². The number of rotatable bonds is 6. The molecule has 21 heavy (non-hydrogen) atoms. The fourth-order valence-corrected chi connectivity index (χ4v) is 3.98. The molecule has 2 aromatic heterocycles. The molecule has 0 spiro atoms. The predicted molar refractivity (Wildman–Crippen MR) is 92.2 cm³/mol. The normalized spacial score (nSPS) is 10.9. The maximum absolute atomic E-state index is 4.65. The van der Waals surface area contributed by atoms with Crippen molar-refractivity contribution in [2.24, 2.45) is 0 Å². The van der Waals surface area contributed by atoms with E-state index in [1.54, 1.807) is 23.1 Å². The number of fused-ring (bicyclic) bond motifs is 1. The van der Waals surface area contributed by atoms with Gasteiger partial charge < -0.3 is 5.32 Å². The molecule has 3 nitrogen and oxygen atoms in total. The molecule has 0 unspecified atom stereocenters. The highest BCUT2D eigenvalue weighted by molar-refractivity contribution is 8.00. The average Bonchev–Trinajstić information content (AvgIpc) is 2.94. The quantitative estimate of drug-likeness (QED) is 0.663. The second kappa shape index (κ2) is 6.91. The molecule has 108 valence electrons. The summed E-state index contributed by atoms with van der Waals surface area (Å²) in [6, 6.07) is 12.5. The van der Waals surface area contributed by atoms with Crippen LogP contribution >= 0.6 is 23.1 Å². The minimum absolute atomic E-state index is 0.920. The fraction of sp³-hybridized carbons (Fsp3) is 0.250. The first-order chi connectivity index (χ1) is 10.3. The van der Waals surface area contributed by atoms with Crippen molar-refractivity contribution in [3.8, 4) is 0 Å². The molecule has 1 N–H and O–H groups in total. The number of para-hydroxylation sites is 1. The largest absolute Gasteiger partial charge is 0.370 e. The third kappa shape index (κ3) is 3.74. The number of thiazole rings is 1. The van der Waals surface area contributed by atoms with E-state index in [2.05, 4.69) is 52.5 Å². The Morgan fingerprint density at radius 3 is 3.00 bits per heavy atom. The zero-order valence-electron chi connectivity index (χ0n) is 11.9. The molecule has 0 bridgehead atoms. The van der Waals surface area contributed by atoms with Crippen molar-refractivity contribution in [1.82, 2.24) is 9.97 Å². The summed E-state index contributed by atoms with van der Waals surface area (Å²) in [7, 11) is 0. The topological polar surface area (TPSA) is 37.8 Å².